The number of fused-ring (bicyclic) bond motifs is 1. The van der Waals surface area contributed by atoms with Crippen molar-refractivity contribution in [1.82, 2.24) is 5.32 Å². The number of hydrogen-bond acceptors (Lipinski definition) is 6. The Morgan fingerprint density at radius 2 is 1.81 bits per heavy atom. The lowest BCUT2D eigenvalue weighted by Gasteiger charge is -2.25. The van der Waals surface area contributed by atoms with Gasteiger partial charge in [0.05, 0.1) is 23.2 Å². The molecular weight excluding hydrogens is 498 g/mol. The minimum Gasteiger partial charge on any atom is -0.455 e. The average Bonchev–Trinajstić information content (AvgIpc) is 3.63. The standard InChI is InChI=1S/C26H24BFN2O6S/c1-29-26(31)24-21-13-20(15-6-7-15)22(14-23(21)36-25(24)16-8-10-18(28)11-9-16)30(37(2,34)35)19-5-3-4-17(12-19)27(32)33/h3-5,8-15,32-33H,6-7H2,1-2H3,(H,29,31). The zero-order chi connectivity index (χ0) is 26.5. The Balaban J connectivity index is 1.79. The second-order valence-corrected chi connectivity index (χ2v) is 10.9. The lowest BCUT2D eigenvalue weighted by atomic mass is 9.80. The highest BCUT2D eigenvalue weighted by Crippen LogP contribution is 2.49. The second-order valence-electron chi connectivity index (χ2n) is 9.07. The topological polar surface area (TPSA) is 120 Å². The van der Waals surface area contributed by atoms with Crippen molar-refractivity contribution in [3.8, 4) is 11.3 Å². The van der Waals surface area contributed by atoms with Crippen LogP contribution in [0.3, 0.4) is 0 Å². The fourth-order valence-corrected chi connectivity index (χ4v) is 5.53. The summed E-state index contributed by atoms with van der Waals surface area (Å²) in [6, 6.07) is 14.9. The third-order valence-corrected chi connectivity index (χ3v) is 7.44. The molecule has 1 aromatic heterocycles. The van der Waals surface area contributed by atoms with Gasteiger partial charge in [-0.15, -0.1) is 0 Å². The van der Waals surface area contributed by atoms with Gasteiger partial charge in [0.1, 0.15) is 17.2 Å². The van der Waals surface area contributed by atoms with Crippen LogP contribution in [0.15, 0.2) is 65.1 Å². The predicted octanol–water partition coefficient (Wildman–Crippen LogP) is 3.25. The summed E-state index contributed by atoms with van der Waals surface area (Å²) in [7, 11) is -4.16. The van der Waals surface area contributed by atoms with Gasteiger partial charge in [0.25, 0.3) is 5.91 Å². The predicted molar refractivity (Wildman–Crippen MR) is 140 cm³/mol. The fourth-order valence-electron chi connectivity index (χ4n) is 4.52. The van der Waals surface area contributed by atoms with E-state index in [-0.39, 0.29) is 34.0 Å². The molecule has 1 heterocycles. The van der Waals surface area contributed by atoms with Crippen LogP contribution in [0.5, 0.6) is 0 Å². The molecule has 1 saturated carbocycles. The van der Waals surface area contributed by atoms with Crippen molar-refractivity contribution >= 4 is 50.9 Å². The lowest BCUT2D eigenvalue weighted by molar-refractivity contribution is 0.0964. The molecule has 0 atom stereocenters. The third-order valence-electron chi connectivity index (χ3n) is 6.37. The maximum absolute atomic E-state index is 13.6. The molecule has 0 spiro atoms. The van der Waals surface area contributed by atoms with E-state index < -0.39 is 28.9 Å². The molecule has 11 heteroatoms. The normalized spacial score (nSPS) is 13.5. The Hall–Kier alpha value is -3.67. The van der Waals surface area contributed by atoms with Crippen LogP contribution >= 0.6 is 0 Å². The monoisotopic (exact) mass is 522 g/mol. The number of amides is 1. The summed E-state index contributed by atoms with van der Waals surface area (Å²) in [5.41, 5.74) is 2.49. The lowest BCUT2D eigenvalue weighted by Crippen LogP contribution is -2.32. The first-order valence-corrected chi connectivity index (χ1v) is 13.5. The average molecular weight is 522 g/mol. The quantitative estimate of drug-likeness (QED) is 0.321. The molecule has 3 N–H and O–H groups in total. The van der Waals surface area contributed by atoms with Crippen LogP contribution in [0.2, 0.25) is 0 Å². The molecule has 8 nitrogen and oxygen atoms in total. The van der Waals surface area contributed by atoms with Gasteiger partial charge in [-0.3, -0.25) is 4.79 Å². The minimum atomic E-state index is -3.88. The second kappa shape index (κ2) is 9.33. The summed E-state index contributed by atoms with van der Waals surface area (Å²) in [6.45, 7) is 0. The molecule has 0 bridgehead atoms. The van der Waals surface area contributed by atoms with Crippen LogP contribution < -0.4 is 15.1 Å². The van der Waals surface area contributed by atoms with Gasteiger partial charge in [-0.05, 0) is 72.3 Å². The highest BCUT2D eigenvalue weighted by atomic mass is 32.2. The Labute approximate surface area is 213 Å². The molecule has 0 aliphatic heterocycles. The van der Waals surface area contributed by atoms with Crippen LogP contribution in [0.4, 0.5) is 15.8 Å². The Morgan fingerprint density at radius 3 is 2.41 bits per heavy atom. The van der Waals surface area contributed by atoms with Gasteiger partial charge in [0.2, 0.25) is 10.0 Å². The summed E-state index contributed by atoms with van der Waals surface area (Å²) in [5, 5.41) is 22.4. The van der Waals surface area contributed by atoms with Crippen LogP contribution in [0.1, 0.15) is 34.7 Å². The van der Waals surface area contributed by atoms with Crippen LogP contribution in [-0.2, 0) is 10.0 Å². The maximum Gasteiger partial charge on any atom is 0.488 e. The Kier molecular flexibility index (Phi) is 6.30. The number of furan rings is 1. The molecular formula is C26H24BFN2O6S. The van der Waals surface area contributed by atoms with Crippen molar-refractivity contribution in [2.24, 2.45) is 0 Å². The van der Waals surface area contributed by atoms with Gasteiger partial charge < -0.3 is 19.8 Å². The molecule has 3 aromatic carbocycles. The molecule has 4 aromatic rings. The molecule has 1 fully saturated rings. The van der Waals surface area contributed by atoms with E-state index in [1.807, 2.05) is 0 Å². The molecule has 0 radical (unpaired) electrons. The summed E-state index contributed by atoms with van der Waals surface area (Å²) >= 11 is 0. The van der Waals surface area contributed by atoms with Gasteiger partial charge in [0.15, 0.2) is 0 Å². The van der Waals surface area contributed by atoms with Crippen LogP contribution in [-0.4, -0.2) is 44.8 Å². The van der Waals surface area contributed by atoms with Gasteiger partial charge in [-0.2, -0.15) is 0 Å². The van der Waals surface area contributed by atoms with E-state index in [1.54, 1.807) is 24.3 Å². The molecule has 1 amide bonds. The smallest absolute Gasteiger partial charge is 0.455 e. The number of rotatable bonds is 7. The summed E-state index contributed by atoms with van der Waals surface area (Å²) < 4.78 is 47.0. The molecule has 0 unspecified atom stereocenters. The fraction of sp³-hybridized carbons (Fsp3) is 0.192. The van der Waals surface area contributed by atoms with Crippen molar-refractivity contribution in [3.63, 3.8) is 0 Å². The Morgan fingerprint density at radius 1 is 1.11 bits per heavy atom. The molecule has 0 saturated heterocycles. The molecule has 5 rings (SSSR count). The molecule has 1 aliphatic carbocycles. The van der Waals surface area contributed by atoms with Crippen molar-refractivity contribution in [2.45, 2.75) is 18.8 Å². The number of benzene rings is 3. The van der Waals surface area contributed by atoms with E-state index >= 15 is 0 Å². The third kappa shape index (κ3) is 4.73. The van der Waals surface area contributed by atoms with E-state index in [4.69, 9.17) is 4.42 Å². The van der Waals surface area contributed by atoms with Gasteiger partial charge in [0, 0.05) is 24.1 Å². The first-order chi connectivity index (χ1) is 17.6. The number of carbonyl (C=O) groups is 1. The molecule has 190 valence electrons. The highest BCUT2D eigenvalue weighted by Gasteiger charge is 2.34. The zero-order valence-corrected chi connectivity index (χ0v) is 20.9. The SMILES string of the molecule is CNC(=O)c1c(-c2ccc(F)cc2)oc2cc(N(c3cccc(B(O)O)c3)S(C)(=O)=O)c(C3CC3)cc12. The highest BCUT2D eigenvalue weighted by molar-refractivity contribution is 7.92. The first-order valence-electron chi connectivity index (χ1n) is 11.6. The number of nitrogens with zero attached hydrogens (tertiary/aromatic N) is 1. The molecule has 1 aliphatic rings. The number of anilines is 2. The summed E-state index contributed by atoms with van der Waals surface area (Å²) in [5.74, 6) is -0.502. The Bertz CT molecular complexity index is 1610. The molecule has 37 heavy (non-hydrogen) atoms. The van der Waals surface area contributed by atoms with Crippen molar-refractivity contribution in [3.05, 3.63) is 77.6 Å². The van der Waals surface area contributed by atoms with Crippen molar-refractivity contribution in [2.75, 3.05) is 17.6 Å². The van der Waals surface area contributed by atoms with Crippen molar-refractivity contribution < 1.29 is 32.1 Å². The first kappa shape index (κ1) is 25.0. The number of carbonyl (C=O) groups excluding carboxylic acids is 1. The summed E-state index contributed by atoms with van der Waals surface area (Å²) in [4.78, 5) is 12.9. The number of halogens is 1. The van der Waals surface area contributed by atoms with E-state index in [2.05, 4.69) is 5.32 Å². The van der Waals surface area contributed by atoms with Crippen molar-refractivity contribution in [1.29, 1.82) is 0 Å². The van der Waals surface area contributed by atoms with E-state index in [9.17, 15) is 27.7 Å². The number of nitrogens with one attached hydrogen (secondary N) is 1. The van der Waals surface area contributed by atoms with Crippen LogP contribution in [0, 0.1) is 5.82 Å². The van der Waals surface area contributed by atoms with E-state index in [0.29, 0.717) is 16.6 Å². The van der Waals surface area contributed by atoms with E-state index in [0.717, 1.165) is 29.0 Å². The number of hydrogen-bond donors (Lipinski definition) is 3. The van der Waals surface area contributed by atoms with Crippen LogP contribution in [0.25, 0.3) is 22.3 Å². The van der Waals surface area contributed by atoms with Gasteiger partial charge in [-0.25, -0.2) is 17.1 Å². The summed E-state index contributed by atoms with van der Waals surface area (Å²) in [6.07, 6.45) is 2.77. The number of sulfonamides is 1. The largest absolute Gasteiger partial charge is 0.488 e. The van der Waals surface area contributed by atoms with Gasteiger partial charge in [-0.1, -0.05) is 12.1 Å². The maximum atomic E-state index is 13.6. The zero-order valence-electron chi connectivity index (χ0n) is 20.1. The minimum absolute atomic E-state index is 0.0805. The van der Waals surface area contributed by atoms with E-state index in [1.165, 1.54) is 43.4 Å². The van der Waals surface area contributed by atoms with Gasteiger partial charge >= 0.3 is 7.12 Å².